The van der Waals surface area contributed by atoms with E-state index in [9.17, 15) is 4.79 Å². The molecule has 0 radical (unpaired) electrons. The van der Waals surface area contributed by atoms with E-state index in [1.807, 2.05) is 0 Å². The van der Waals surface area contributed by atoms with E-state index in [0.29, 0.717) is 12.0 Å². The first-order valence-corrected chi connectivity index (χ1v) is 7.26. The van der Waals surface area contributed by atoms with Crippen LogP contribution in [0.5, 0.6) is 0 Å². The Morgan fingerprint density at radius 2 is 1.95 bits per heavy atom. The van der Waals surface area contributed by atoms with Crippen molar-refractivity contribution in [3.8, 4) is 0 Å². The summed E-state index contributed by atoms with van der Waals surface area (Å²) in [5.41, 5.74) is 1.44. The van der Waals surface area contributed by atoms with Gasteiger partial charge in [0, 0.05) is 12.6 Å². The second-order valence-electron chi connectivity index (χ2n) is 5.91. The molecule has 3 rings (SSSR count). The quantitative estimate of drug-likeness (QED) is 0.907. The zero-order valence-electron chi connectivity index (χ0n) is 11.2. The number of piperidine rings is 1. The summed E-state index contributed by atoms with van der Waals surface area (Å²) < 4.78 is 0. The molecule has 0 aromatic heterocycles. The van der Waals surface area contributed by atoms with Crippen molar-refractivity contribution in [2.24, 2.45) is 5.92 Å². The van der Waals surface area contributed by atoms with Crippen LogP contribution in [0.25, 0.3) is 0 Å². The summed E-state index contributed by atoms with van der Waals surface area (Å²) in [5, 5.41) is 9.13. The lowest BCUT2D eigenvalue weighted by Crippen LogP contribution is -2.49. The number of rotatable bonds is 3. The Bertz CT molecular complexity index is 439. The number of nitrogens with zero attached hydrogens (tertiary/aromatic N) is 1. The summed E-state index contributed by atoms with van der Waals surface area (Å²) in [6, 6.07) is 11.3. The molecular formula is C16H21NO2. The molecule has 1 aliphatic heterocycles. The molecule has 1 aromatic carbocycles. The van der Waals surface area contributed by atoms with Gasteiger partial charge in [0.25, 0.3) is 0 Å². The van der Waals surface area contributed by atoms with Crippen LogP contribution >= 0.6 is 0 Å². The third kappa shape index (κ3) is 2.66. The average molecular weight is 259 g/mol. The molecule has 1 aromatic rings. The van der Waals surface area contributed by atoms with Gasteiger partial charge in [0.05, 0.1) is 5.92 Å². The van der Waals surface area contributed by atoms with Crippen molar-refractivity contribution in [3.63, 3.8) is 0 Å². The Morgan fingerprint density at radius 3 is 2.63 bits per heavy atom. The summed E-state index contributed by atoms with van der Waals surface area (Å²) in [4.78, 5) is 13.5. The van der Waals surface area contributed by atoms with Gasteiger partial charge >= 0.3 is 5.97 Å². The SMILES string of the molecule is O=C(O)C1CCCN(C2CC(c3ccccc3)C2)C1. The van der Waals surface area contributed by atoms with Crippen LogP contribution in [0.1, 0.15) is 37.2 Å². The monoisotopic (exact) mass is 259 g/mol. The largest absolute Gasteiger partial charge is 0.481 e. The van der Waals surface area contributed by atoms with Crippen LogP contribution in [0.4, 0.5) is 0 Å². The van der Waals surface area contributed by atoms with Crippen LogP contribution in [0, 0.1) is 5.92 Å². The first-order chi connectivity index (χ1) is 9.24. The van der Waals surface area contributed by atoms with Crippen molar-refractivity contribution in [2.45, 2.75) is 37.6 Å². The summed E-state index contributed by atoms with van der Waals surface area (Å²) in [7, 11) is 0. The zero-order valence-corrected chi connectivity index (χ0v) is 11.2. The van der Waals surface area contributed by atoms with Crippen LogP contribution in [0.3, 0.4) is 0 Å². The van der Waals surface area contributed by atoms with Gasteiger partial charge in [-0.2, -0.15) is 0 Å². The van der Waals surface area contributed by atoms with Crippen molar-refractivity contribution in [3.05, 3.63) is 35.9 Å². The Kier molecular flexibility index (Phi) is 3.56. The van der Waals surface area contributed by atoms with Crippen LogP contribution in [-0.4, -0.2) is 35.1 Å². The fourth-order valence-corrected chi connectivity index (χ4v) is 3.42. The fourth-order valence-electron chi connectivity index (χ4n) is 3.42. The van der Waals surface area contributed by atoms with Gasteiger partial charge in [-0.1, -0.05) is 30.3 Å². The molecule has 1 atom stereocenters. The van der Waals surface area contributed by atoms with Gasteiger partial charge in [0.1, 0.15) is 0 Å². The van der Waals surface area contributed by atoms with Crippen LogP contribution in [0.15, 0.2) is 30.3 Å². The number of hydrogen-bond donors (Lipinski definition) is 1. The second-order valence-corrected chi connectivity index (χ2v) is 5.91. The average Bonchev–Trinajstić information content (AvgIpc) is 2.39. The highest BCUT2D eigenvalue weighted by Crippen LogP contribution is 2.40. The summed E-state index contributed by atoms with van der Waals surface area (Å²) in [5.74, 6) is -0.0930. The number of carboxylic acid groups (broad SMARTS) is 1. The maximum Gasteiger partial charge on any atom is 0.307 e. The number of carboxylic acids is 1. The molecule has 1 N–H and O–H groups in total. The van der Waals surface area contributed by atoms with E-state index in [1.54, 1.807) is 0 Å². The minimum absolute atomic E-state index is 0.149. The Balaban J connectivity index is 1.54. The van der Waals surface area contributed by atoms with Crippen molar-refractivity contribution in [2.75, 3.05) is 13.1 Å². The molecule has 1 saturated heterocycles. The van der Waals surface area contributed by atoms with Crippen molar-refractivity contribution in [1.82, 2.24) is 4.90 Å². The smallest absolute Gasteiger partial charge is 0.307 e. The van der Waals surface area contributed by atoms with Crippen molar-refractivity contribution < 1.29 is 9.90 Å². The van der Waals surface area contributed by atoms with E-state index in [2.05, 4.69) is 35.2 Å². The number of carbonyl (C=O) groups is 1. The maximum atomic E-state index is 11.1. The molecule has 19 heavy (non-hydrogen) atoms. The van der Waals surface area contributed by atoms with E-state index in [4.69, 9.17) is 5.11 Å². The third-order valence-electron chi connectivity index (χ3n) is 4.70. The van der Waals surface area contributed by atoms with E-state index in [-0.39, 0.29) is 5.92 Å². The normalized spacial score (nSPS) is 31.7. The predicted octanol–water partition coefficient (Wildman–Crippen LogP) is 2.73. The van der Waals surface area contributed by atoms with Crippen LogP contribution < -0.4 is 0 Å². The lowest BCUT2D eigenvalue weighted by Gasteiger charge is -2.45. The Labute approximate surface area is 114 Å². The molecule has 0 spiro atoms. The standard InChI is InChI=1S/C16H21NO2/c18-16(19)13-7-4-8-17(11-13)15-9-14(10-15)12-5-2-1-3-6-12/h1-3,5-6,13-15H,4,7-11H2,(H,18,19). The second kappa shape index (κ2) is 5.33. The molecule has 1 saturated carbocycles. The minimum Gasteiger partial charge on any atom is -0.481 e. The molecular weight excluding hydrogens is 238 g/mol. The highest BCUT2D eigenvalue weighted by Gasteiger charge is 2.37. The molecule has 3 heteroatoms. The lowest BCUT2D eigenvalue weighted by atomic mass is 9.74. The highest BCUT2D eigenvalue weighted by molar-refractivity contribution is 5.70. The molecule has 3 nitrogen and oxygen atoms in total. The van der Waals surface area contributed by atoms with Crippen LogP contribution in [0.2, 0.25) is 0 Å². The van der Waals surface area contributed by atoms with Crippen LogP contribution in [-0.2, 0) is 4.79 Å². The summed E-state index contributed by atoms with van der Waals surface area (Å²) in [6.07, 6.45) is 4.26. The number of benzene rings is 1. The third-order valence-corrected chi connectivity index (χ3v) is 4.70. The number of hydrogen-bond acceptors (Lipinski definition) is 2. The first kappa shape index (κ1) is 12.7. The summed E-state index contributed by atoms with van der Waals surface area (Å²) in [6.45, 7) is 1.83. The van der Waals surface area contributed by atoms with Crippen molar-refractivity contribution >= 4 is 5.97 Å². The van der Waals surface area contributed by atoms with Gasteiger partial charge in [-0.15, -0.1) is 0 Å². The highest BCUT2D eigenvalue weighted by atomic mass is 16.4. The molecule has 1 unspecified atom stereocenters. The Hall–Kier alpha value is -1.35. The van der Waals surface area contributed by atoms with Gasteiger partial charge in [0.15, 0.2) is 0 Å². The molecule has 2 aliphatic rings. The molecule has 102 valence electrons. The summed E-state index contributed by atoms with van der Waals surface area (Å²) >= 11 is 0. The van der Waals surface area contributed by atoms with E-state index >= 15 is 0 Å². The van der Waals surface area contributed by atoms with Gasteiger partial charge in [-0.05, 0) is 43.7 Å². The number of likely N-dealkylation sites (tertiary alicyclic amines) is 1. The van der Waals surface area contributed by atoms with Gasteiger partial charge in [-0.3, -0.25) is 9.69 Å². The van der Waals surface area contributed by atoms with Crippen molar-refractivity contribution in [1.29, 1.82) is 0 Å². The topological polar surface area (TPSA) is 40.5 Å². The number of aliphatic carboxylic acids is 1. The molecule has 2 fully saturated rings. The minimum atomic E-state index is -0.622. The molecule has 0 bridgehead atoms. The van der Waals surface area contributed by atoms with E-state index in [1.165, 1.54) is 18.4 Å². The first-order valence-electron chi connectivity index (χ1n) is 7.26. The zero-order chi connectivity index (χ0) is 13.2. The van der Waals surface area contributed by atoms with Gasteiger partial charge < -0.3 is 5.11 Å². The predicted molar refractivity (Wildman–Crippen MR) is 74.1 cm³/mol. The molecule has 1 aliphatic carbocycles. The lowest BCUT2D eigenvalue weighted by molar-refractivity contribution is -0.144. The Morgan fingerprint density at radius 1 is 1.21 bits per heavy atom. The fraction of sp³-hybridized carbons (Fsp3) is 0.562. The van der Waals surface area contributed by atoms with E-state index < -0.39 is 5.97 Å². The van der Waals surface area contributed by atoms with Gasteiger partial charge in [0.2, 0.25) is 0 Å². The maximum absolute atomic E-state index is 11.1. The molecule has 0 amide bonds. The van der Waals surface area contributed by atoms with Gasteiger partial charge in [-0.25, -0.2) is 0 Å². The molecule has 1 heterocycles. The van der Waals surface area contributed by atoms with E-state index in [0.717, 1.165) is 25.9 Å².